The number of ether oxygens (including phenoxy) is 2. The normalized spacial score (nSPS) is 15.7. The maximum atomic E-state index is 14.4. The summed E-state index contributed by atoms with van der Waals surface area (Å²) in [6, 6.07) is 16.1. The van der Waals surface area contributed by atoms with E-state index in [0.717, 1.165) is 47.7 Å². The summed E-state index contributed by atoms with van der Waals surface area (Å²) >= 11 is 0. The van der Waals surface area contributed by atoms with Gasteiger partial charge in [-0.15, -0.1) is 0 Å². The van der Waals surface area contributed by atoms with Crippen LogP contribution in [0, 0.1) is 37.1 Å². The molecule has 8 heterocycles. The van der Waals surface area contributed by atoms with Crippen LogP contribution in [0.5, 0.6) is 11.8 Å². The van der Waals surface area contributed by atoms with Gasteiger partial charge in [0.1, 0.15) is 23.0 Å². The second kappa shape index (κ2) is 18.8. The molecule has 18 heteroatoms. The minimum absolute atomic E-state index is 0.315. The van der Waals surface area contributed by atoms with Crippen molar-refractivity contribution in [3.8, 4) is 23.1 Å². The zero-order chi connectivity index (χ0) is 45.9. The second-order valence-corrected chi connectivity index (χ2v) is 15.8. The van der Waals surface area contributed by atoms with Crippen molar-refractivity contribution >= 4 is 24.3 Å². The molecule has 14 nitrogen and oxygen atoms in total. The van der Waals surface area contributed by atoms with Gasteiger partial charge in [-0.05, 0) is 100 Å². The van der Waals surface area contributed by atoms with Crippen molar-refractivity contribution in [1.29, 1.82) is 0 Å². The Morgan fingerprint density at radius 3 is 1.39 bits per heavy atom. The fourth-order valence-electron chi connectivity index (χ4n) is 8.25. The van der Waals surface area contributed by atoms with Crippen LogP contribution in [0.1, 0.15) is 94.7 Å². The van der Waals surface area contributed by atoms with Gasteiger partial charge in [0.25, 0.3) is 0 Å². The van der Waals surface area contributed by atoms with Gasteiger partial charge in [-0.3, -0.25) is 0 Å². The van der Waals surface area contributed by atoms with Gasteiger partial charge in [-0.1, -0.05) is 24.3 Å². The molecule has 336 valence electrons. The molecule has 2 aromatic carbocycles. The third kappa shape index (κ3) is 8.98. The molecule has 8 aromatic rings. The molecular weight excluding hydrogens is 853 g/mol. The zero-order valence-corrected chi connectivity index (χ0v) is 36.5. The Morgan fingerprint density at radius 1 is 0.561 bits per heavy atom. The van der Waals surface area contributed by atoms with E-state index in [1.54, 1.807) is 72.7 Å². The number of hydrogen-bond acceptors (Lipinski definition) is 10. The molecule has 2 aliphatic rings. The third-order valence-corrected chi connectivity index (χ3v) is 11.4. The minimum Gasteiger partial charge on any atom is -0.479 e. The van der Waals surface area contributed by atoms with E-state index < -0.39 is 23.3 Å². The number of pyridine rings is 2. The van der Waals surface area contributed by atoms with Crippen LogP contribution in [-0.4, -0.2) is 72.8 Å². The maximum Gasteiger partial charge on any atom is 0.238 e. The molecule has 0 saturated carbocycles. The number of aromatic nitrogens is 12. The van der Waals surface area contributed by atoms with Gasteiger partial charge in [0.05, 0.1) is 49.6 Å². The molecule has 0 radical (unpaired) electrons. The van der Waals surface area contributed by atoms with Crippen LogP contribution in [0.25, 0.3) is 35.7 Å². The van der Waals surface area contributed by atoms with Crippen LogP contribution in [0.3, 0.4) is 0 Å². The molecule has 2 aliphatic heterocycles. The molecular formula is C48H44F4N12O2. The van der Waals surface area contributed by atoms with E-state index in [1.165, 1.54) is 12.1 Å². The van der Waals surface area contributed by atoms with Crippen molar-refractivity contribution in [3.63, 3.8) is 0 Å². The smallest absolute Gasteiger partial charge is 0.238 e. The first-order valence-corrected chi connectivity index (χ1v) is 21.3. The highest BCUT2D eigenvalue weighted by Gasteiger charge is 2.30. The first kappa shape index (κ1) is 43.5. The van der Waals surface area contributed by atoms with Gasteiger partial charge >= 0.3 is 0 Å². The molecule has 0 aliphatic carbocycles. The van der Waals surface area contributed by atoms with E-state index in [9.17, 15) is 17.6 Å². The number of hydrogen-bond donors (Lipinski definition) is 0. The minimum atomic E-state index is -0.849. The topological polar surface area (TPSA) is 141 Å². The highest BCUT2D eigenvalue weighted by molar-refractivity contribution is 5.67. The fraction of sp³-hybridized carbons (Fsp3) is 0.250. The first-order chi connectivity index (χ1) is 32.1. The first-order valence-electron chi connectivity index (χ1n) is 21.3. The van der Waals surface area contributed by atoms with Crippen molar-refractivity contribution in [2.45, 2.75) is 64.5 Å². The molecule has 6 aromatic heterocycles. The Kier molecular flexibility index (Phi) is 12.4. The summed E-state index contributed by atoms with van der Waals surface area (Å²) in [4.78, 5) is 26.8. The molecule has 0 N–H and O–H groups in total. The molecule has 0 unspecified atom stereocenters. The number of fused-ring (bicyclic) bond motifs is 2. The van der Waals surface area contributed by atoms with Crippen LogP contribution in [-0.2, 0) is 13.1 Å². The van der Waals surface area contributed by atoms with Crippen molar-refractivity contribution in [1.82, 2.24) is 58.6 Å². The largest absolute Gasteiger partial charge is 0.479 e. The number of nitrogens with zero attached hydrogens (tertiary/aromatic N) is 12. The Morgan fingerprint density at radius 2 is 1.00 bits per heavy atom. The summed E-state index contributed by atoms with van der Waals surface area (Å²) < 4.78 is 74.5. The van der Waals surface area contributed by atoms with Crippen molar-refractivity contribution in [3.05, 3.63) is 166 Å². The average Bonchev–Trinajstić information content (AvgIpc) is 4.16. The molecule has 0 spiro atoms. The fourth-order valence-corrected chi connectivity index (χ4v) is 8.25. The third-order valence-electron chi connectivity index (χ3n) is 11.4. The lowest BCUT2D eigenvalue weighted by atomic mass is 9.91. The van der Waals surface area contributed by atoms with Crippen LogP contribution in [0.15, 0.2) is 85.7 Å². The van der Waals surface area contributed by atoms with Crippen molar-refractivity contribution < 1.29 is 27.0 Å². The standard InChI is InChI=1S/2C24H22F2N6O/c2*1-15-13-31(14-27-15)20-10-8-16(28-24(20)33-2)9-11-21-29-23-18(6-4-12-32(23)30-21)17-5-3-7-19(25)22(17)26/h2*3,5,7-11,13-14,18H,4,6,12H2,1-2H3/b2*11-9+/t2*18-/m10/s1. The highest BCUT2D eigenvalue weighted by atomic mass is 19.2. The molecule has 66 heavy (non-hydrogen) atoms. The van der Waals surface area contributed by atoms with E-state index in [2.05, 4.69) is 40.1 Å². The molecule has 0 saturated heterocycles. The number of halogens is 4. The van der Waals surface area contributed by atoms with Crippen LogP contribution >= 0.6 is 0 Å². The number of rotatable bonds is 10. The summed E-state index contributed by atoms with van der Waals surface area (Å²) in [6.07, 6.45) is 17.3. The molecule has 0 amide bonds. The van der Waals surface area contributed by atoms with E-state index in [0.29, 0.717) is 83.5 Å². The van der Waals surface area contributed by atoms with E-state index in [-0.39, 0.29) is 11.8 Å². The van der Waals surface area contributed by atoms with E-state index in [4.69, 9.17) is 9.47 Å². The molecule has 2 atom stereocenters. The number of benzene rings is 2. The lowest BCUT2D eigenvalue weighted by Crippen LogP contribution is -2.19. The van der Waals surface area contributed by atoms with Crippen LogP contribution in [0.4, 0.5) is 17.6 Å². The van der Waals surface area contributed by atoms with Gasteiger partial charge in [0.15, 0.2) is 34.9 Å². The van der Waals surface area contributed by atoms with E-state index in [1.807, 2.05) is 59.6 Å². The van der Waals surface area contributed by atoms with Gasteiger partial charge in [0, 0.05) is 48.4 Å². The quantitative estimate of drug-likeness (QED) is 0.122. The summed E-state index contributed by atoms with van der Waals surface area (Å²) in [5.74, 6) is -0.809. The molecule has 0 fully saturated rings. The Hall–Kier alpha value is -7.76. The lowest BCUT2D eigenvalue weighted by Gasteiger charge is -2.22. The number of methoxy groups -OCH3 is 2. The maximum absolute atomic E-state index is 14.4. The predicted molar refractivity (Wildman–Crippen MR) is 238 cm³/mol. The highest BCUT2D eigenvalue weighted by Crippen LogP contribution is 2.36. The van der Waals surface area contributed by atoms with Gasteiger partial charge < -0.3 is 18.6 Å². The van der Waals surface area contributed by atoms with E-state index >= 15 is 0 Å². The molecule has 10 rings (SSSR count). The summed E-state index contributed by atoms with van der Waals surface area (Å²) in [6.45, 7) is 5.21. The van der Waals surface area contributed by atoms with Crippen LogP contribution < -0.4 is 9.47 Å². The van der Waals surface area contributed by atoms with Crippen molar-refractivity contribution in [2.75, 3.05) is 14.2 Å². The number of imidazole rings is 2. The van der Waals surface area contributed by atoms with Crippen molar-refractivity contribution in [2.24, 2.45) is 0 Å². The lowest BCUT2D eigenvalue weighted by molar-refractivity contribution is 0.395. The summed E-state index contributed by atoms with van der Waals surface area (Å²) in [7, 11) is 3.14. The molecule has 0 bridgehead atoms. The van der Waals surface area contributed by atoms with Gasteiger partial charge in [0.2, 0.25) is 11.8 Å². The van der Waals surface area contributed by atoms with Gasteiger partial charge in [-0.2, -0.15) is 10.2 Å². The monoisotopic (exact) mass is 896 g/mol. The second-order valence-electron chi connectivity index (χ2n) is 15.8. The summed E-state index contributed by atoms with van der Waals surface area (Å²) in [5, 5.41) is 9.07. The summed E-state index contributed by atoms with van der Waals surface area (Å²) in [5.41, 5.74) is 5.34. The SMILES string of the molecule is COc1nc(/C=C/c2nc3n(n2)CCC[C@@H]3c2cccc(F)c2F)ccc1-n1cnc(C)c1.COc1nc(/C=C/c2nc3n(n2)CCC[C@H]3c2cccc(F)c2F)ccc1-n1cnc(C)c1. The Labute approximate surface area is 377 Å². The van der Waals surface area contributed by atoms with Gasteiger partial charge in [-0.25, -0.2) is 56.8 Å². The Balaban J connectivity index is 0.000000166. The zero-order valence-electron chi connectivity index (χ0n) is 36.5. The van der Waals surface area contributed by atoms with Crippen LogP contribution in [0.2, 0.25) is 0 Å². The average molecular weight is 897 g/mol. The predicted octanol–water partition coefficient (Wildman–Crippen LogP) is 9.10. The Bertz CT molecular complexity index is 2890. The number of aryl methyl sites for hydroxylation is 4.